The SMILES string of the molecule is O=c1[nH]cc(C=CCCCl)cc1C(F)(F)F. The van der Waals surface area contributed by atoms with E-state index in [-0.39, 0.29) is 5.56 Å². The summed E-state index contributed by atoms with van der Waals surface area (Å²) >= 11 is 5.41. The molecule has 6 heteroatoms. The summed E-state index contributed by atoms with van der Waals surface area (Å²) in [6, 6.07) is 0.809. The van der Waals surface area contributed by atoms with E-state index < -0.39 is 17.3 Å². The first-order valence-corrected chi connectivity index (χ1v) is 5.01. The summed E-state index contributed by atoms with van der Waals surface area (Å²) in [5.74, 6) is 0.395. The predicted molar refractivity (Wildman–Crippen MR) is 56.4 cm³/mol. The van der Waals surface area contributed by atoms with Crippen LogP contribution in [-0.2, 0) is 6.18 Å². The number of alkyl halides is 4. The topological polar surface area (TPSA) is 32.9 Å². The minimum Gasteiger partial charge on any atom is -0.328 e. The van der Waals surface area contributed by atoms with E-state index in [2.05, 4.69) is 0 Å². The van der Waals surface area contributed by atoms with E-state index in [4.69, 9.17) is 11.6 Å². The zero-order valence-electron chi connectivity index (χ0n) is 8.14. The summed E-state index contributed by atoms with van der Waals surface area (Å²) in [5, 5.41) is 0. The Labute approximate surface area is 94.7 Å². The lowest BCUT2D eigenvalue weighted by Crippen LogP contribution is -2.21. The number of halogens is 4. The molecule has 0 bridgehead atoms. The number of rotatable bonds is 3. The van der Waals surface area contributed by atoms with E-state index in [9.17, 15) is 18.0 Å². The highest BCUT2D eigenvalue weighted by molar-refractivity contribution is 6.17. The van der Waals surface area contributed by atoms with Crippen LogP contribution in [0.2, 0.25) is 0 Å². The number of hydrogen-bond donors (Lipinski definition) is 1. The van der Waals surface area contributed by atoms with Crippen LogP contribution >= 0.6 is 11.6 Å². The normalized spacial score (nSPS) is 12.2. The largest absolute Gasteiger partial charge is 0.421 e. The summed E-state index contributed by atoms with van der Waals surface area (Å²) in [4.78, 5) is 13.0. The highest BCUT2D eigenvalue weighted by atomic mass is 35.5. The molecule has 0 aliphatic heterocycles. The van der Waals surface area contributed by atoms with Crippen LogP contribution in [0.3, 0.4) is 0 Å². The first kappa shape index (κ1) is 12.8. The van der Waals surface area contributed by atoms with Crippen molar-refractivity contribution < 1.29 is 13.2 Å². The molecule has 16 heavy (non-hydrogen) atoms. The van der Waals surface area contributed by atoms with Gasteiger partial charge in [0.2, 0.25) is 0 Å². The molecule has 0 amide bonds. The summed E-state index contributed by atoms with van der Waals surface area (Å²) in [7, 11) is 0. The van der Waals surface area contributed by atoms with Crippen molar-refractivity contribution in [2.45, 2.75) is 12.6 Å². The molecule has 1 N–H and O–H groups in total. The quantitative estimate of drug-likeness (QED) is 0.823. The van der Waals surface area contributed by atoms with Gasteiger partial charge < -0.3 is 4.98 Å². The second-order valence-electron chi connectivity index (χ2n) is 3.05. The van der Waals surface area contributed by atoms with Gasteiger partial charge in [0, 0.05) is 12.1 Å². The van der Waals surface area contributed by atoms with Gasteiger partial charge in [-0.1, -0.05) is 12.2 Å². The van der Waals surface area contributed by atoms with Crippen molar-refractivity contribution in [3.8, 4) is 0 Å². The zero-order valence-corrected chi connectivity index (χ0v) is 8.90. The number of hydrogen-bond acceptors (Lipinski definition) is 1. The molecule has 1 heterocycles. The molecule has 1 aromatic heterocycles. The van der Waals surface area contributed by atoms with Crippen LogP contribution in [0.25, 0.3) is 6.08 Å². The van der Waals surface area contributed by atoms with Crippen LogP contribution < -0.4 is 5.56 Å². The predicted octanol–water partition coefficient (Wildman–Crippen LogP) is 3.04. The number of nitrogens with one attached hydrogen (secondary N) is 1. The average molecular weight is 252 g/mol. The molecule has 0 saturated heterocycles. The Balaban J connectivity index is 3.04. The Bertz CT molecular complexity index is 436. The molecule has 2 nitrogen and oxygen atoms in total. The molecule has 0 aliphatic rings. The van der Waals surface area contributed by atoms with Gasteiger partial charge >= 0.3 is 6.18 Å². The third-order valence-corrected chi connectivity index (χ3v) is 2.04. The van der Waals surface area contributed by atoms with Gasteiger partial charge in [-0.05, 0) is 18.1 Å². The monoisotopic (exact) mass is 251 g/mol. The number of pyridine rings is 1. The maximum Gasteiger partial charge on any atom is 0.421 e. The molecule has 1 rings (SSSR count). The molecule has 0 atom stereocenters. The highest BCUT2D eigenvalue weighted by Gasteiger charge is 2.33. The smallest absolute Gasteiger partial charge is 0.328 e. The van der Waals surface area contributed by atoms with Crippen molar-refractivity contribution in [3.05, 3.63) is 39.8 Å². The average Bonchev–Trinajstić information content (AvgIpc) is 2.19. The Kier molecular flexibility index (Phi) is 4.18. The standard InChI is InChI=1S/C10H9ClF3NO/c11-4-2-1-3-7-5-8(10(12,13)14)9(16)15-6-7/h1,3,5-6H,2,4H2,(H,15,16). The molecule has 0 radical (unpaired) electrons. The van der Waals surface area contributed by atoms with Crippen LogP contribution in [0.1, 0.15) is 17.5 Å². The van der Waals surface area contributed by atoms with Crippen molar-refractivity contribution in [1.82, 2.24) is 4.98 Å². The first-order chi connectivity index (χ1) is 7.45. The maximum atomic E-state index is 12.4. The first-order valence-electron chi connectivity index (χ1n) is 4.47. The molecule has 0 aliphatic carbocycles. The molecule has 0 saturated carbocycles. The van der Waals surface area contributed by atoms with Crippen molar-refractivity contribution in [2.75, 3.05) is 5.88 Å². The summed E-state index contributed by atoms with van der Waals surface area (Å²) < 4.78 is 37.1. The van der Waals surface area contributed by atoms with Gasteiger partial charge in [-0.2, -0.15) is 13.2 Å². The lowest BCUT2D eigenvalue weighted by molar-refractivity contribution is -0.138. The molecule has 0 spiro atoms. The summed E-state index contributed by atoms with van der Waals surface area (Å²) in [6.07, 6.45) is 0.266. The Morgan fingerprint density at radius 2 is 2.12 bits per heavy atom. The fourth-order valence-corrected chi connectivity index (χ4v) is 1.22. The summed E-state index contributed by atoms with van der Waals surface area (Å²) in [5.41, 5.74) is -2.04. The molecule has 0 unspecified atom stereocenters. The Morgan fingerprint density at radius 3 is 2.69 bits per heavy atom. The number of aromatic amines is 1. The minimum absolute atomic E-state index is 0.289. The van der Waals surface area contributed by atoms with Crippen molar-refractivity contribution in [1.29, 1.82) is 0 Å². The van der Waals surface area contributed by atoms with Crippen molar-refractivity contribution >= 4 is 17.7 Å². The van der Waals surface area contributed by atoms with Gasteiger partial charge in [0.05, 0.1) is 0 Å². The van der Waals surface area contributed by atoms with Crippen LogP contribution in [0.15, 0.2) is 23.1 Å². The number of H-pyrrole nitrogens is 1. The van der Waals surface area contributed by atoms with Gasteiger partial charge in [0.1, 0.15) is 5.56 Å². The third kappa shape index (κ3) is 3.41. The Hall–Kier alpha value is -1.23. The van der Waals surface area contributed by atoms with E-state index in [1.165, 1.54) is 12.3 Å². The molecule has 88 valence electrons. The Morgan fingerprint density at radius 1 is 1.44 bits per heavy atom. The molecule has 0 fully saturated rings. The summed E-state index contributed by atoms with van der Waals surface area (Å²) in [6.45, 7) is 0. The van der Waals surface area contributed by atoms with E-state index in [1.807, 2.05) is 4.98 Å². The molecular weight excluding hydrogens is 243 g/mol. The fourth-order valence-electron chi connectivity index (χ4n) is 1.09. The van der Waals surface area contributed by atoms with Gasteiger partial charge in [0.25, 0.3) is 5.56 Å². The minimum atomic E-state index is -4.64. The second-order valence-corrected chi connectivity index (χ2v) is 3.43. The maximum absolute atomic E-state index is 12.4. The van der Waals surface area contributed by atoms with Crippen molar-refractivity contribution in [3.63, 3.8) is 0 Å². The van der Waals surface area contributed by atoms with Gasteiger partial charge in [-0.25, -0.2) is 0 Å². The highest BCUT2D eigenvalue weighted by Crippen LogP contribution is 2.26. The fraction of sp³-hybridized carbons (Fsp3) is 0.300. The van der Waals surface area contributed by atoms with Gasteiger partial charge in [0.15, 0.2) is 0 Å². The molecule has 1 aromatic rings. The van der Waals surface area contributed by atoms with Gasteiger partial charge in [-0.15, -0.1) is 11.6 Å². The molecular formula is C10H9ClF3NO. The van der Waals surface area contributed by atoms with E-state index in [1.54, 1.807) is 6.08 Å². The lowest BCUT2D eigenvalue weighted by atomic mass is 10.2. The number of allylic oxidation sites excluding steroid dienone is 1. The van der Waals surface area contributed by atoms with E-state index >= 15 is 0 Å². The third-order valence-electron chi connectivity index (χ3n) is 1.82. The molecule has 0 aromatic carbocycles. The van der Waals surface area contributed by atoms with Crippen LogP contribution in [0.4, 0.5) is 13.2 Å². The second kappa shape index (κ2) is 5.21. The van der Waals surface area contributed by atoms with E-state index in [0.717, 1.165) is 6.07 Å². The van der Waals surface area contributed by atoms with Crippen LogP contribution in [-0.4, -0.2) is 10.9 Å². The van der Waals surface area contributed by atoms with Crippen molar-refractivity contribution in [2.24, 2.45) is 0 Å². The lowest BCUT2D eigenvalue weighted by Gasteiger charge is -2.05. The zero-order chi connectivity index (χ0) is 12.2. The van der Waals surface area contributed by atoms with Crippen LogP contribution in [0, 0.1) is 0 Å². The van der Waals surface area contributed by atoms with Gasteiger partial charge in [-0.3, -0.25) is 4.79 Å². The number of aromatic nitrogens is 1. The van der Waals surface area contributed by atoms with Crippen LogP contribution in [0.5, 0.6) is 0 Å². The van der Waals surface area contributed by atoms with E-state index in [0.29, 0.717) is 12.3 Å².